The molecule has 2 aromatic rings. The fraction of sp³-hybridized carbons (Fsp3) is 0.421. The maximum atomic E-state index is 12.4. The summed E-state index contributed by atoms with van der Waals surface area (Å²) in [5, 5.41) is 5.97. The van der Waals surface area contributed by atoms with E-state index in [-0.39, 0.29) is 23.2 Å². The smallest absolute Gasteiger partial charge is 0.270 e. The van der Waals surface area contributed by atoms with E-state index >= 15 is 0 Å². The second-order valence-corrected chi connectivity index (χ2v) is 9.39. The van der Waals surface area contributed by atoms with Gasteiger partial charge in [-0.15, -0.1) is 0 Å². The molecule has 1 aliphatic heterocycles. The molecule has 144 valence electrons. The maximum Gasteiger partial charge on any atom is 0.270 e. The van der Waals surface area contributed by atoms with E-state index in [2.05, 4.69) is 40.5 Å². The molecular formula is C19H24N4O3S. The monoisotopic (exact) mass is 388 g/mol. The predicted octanol–water partition coefficient (Wildman–Crippen LogP) is 2.57. The number of benzene rings is 1. The third kappa shape index (κ3) is 4.63. The van der Waals surface area contributed by atoms with Crippen molar-refractivity contribution >= 4 is 27.4 Å². The van der Waals surface area contributed by atoms with Crippen molar-refractivity contribution in [2.75, 3.05) is 16.8 Å². The summed E-state index contributed by atoms with van der Waals surface area (Å²) in [7, 11) is -3.05. The fourth-order valence-corrected chi connectivity index (χ4v) is 4.84. The highest BCUT2D eigenvalue weighted by atomic mass is 32.2. The lowest BCUT2D eigenvalue weighted by atomic mass is 9.98. The van der Waals surface area contributed by atoms with Crippen LogP contribution in [0.25, 0.3) is 0 Å². The zero-order valence-electron chi connectivity index (χ0n) is 15.7. The van der Waals surface area contributed by atoms with Gasteiger partial charge in [-0.1, -0.05) is 32.0 Å². The Labute approximate surface area is 159 Å². The van der Waals surface area contributed by atoms with Gasteiger partial charge in [0.1, 0.15) is 5.69 Å². The molecule has 1 saturated heterocycles. The third-order valence-electron chi connectivity index (χ3n) is 4.62. The molecule has 1 aliphatic rings. The lowest BCUT2D eigenvalue weighted by Crippen LogP contribution is -2.36. The summed E-state index contributed by atoms with van der Waals surface area (Å²) in [5.74, 6) is 0.355. The molecule has 1 aromatic heterocycles. The molecule has 1 fully saturated rings. The van der Waals surface area contributed by atoms with Crippen molar-refractivity contribution in [3.8, 4) is 0 Å². The molecule has 1 atom stereocenters. The lowest BCUT2D eigenvalue weighted by molar-refractivity contribution is 0.0936. The Morgan fingerprint density at radius 3 is 2.70 bits per heavy atom. The van der Waals surface area contributed by atoms with E-state index in [1.807, 2.05) is 19.1 Å². The van der Waals surface area contributed by atoms with E-state index in [9.17, 15) is 13.2 Å². The summed E-state index contributed by atoms with van der Waals surface area (Å²) in [4.78, 5) is 21.0. The topological polar surface area (TPSA) is 101 Å². The van der Waals surface area contributed by atoms with Gasteiger partial charge >= 0.3 is 0 Å². The normalized spacial score (nSPS) is 18.4. The molecule has 2 heterocycles. The van der Waals surface area contributed by atoms with Crippen LogP contribution in [0.2, 0.25) is 0 Å². The van der Waals surface area contributed by atoms with Crippen LogP contribution in [0.5, 0.6) is 0 Å². The molecule has 0 saturated carbocycles. The van der Waals surface area contributed by atoms with Crippen molar-refractivity contribution in [1.82, 2.24) is 15.3 Å². The first kappa shape index (κ1) is 19.3. The first-order valence-electron chi connectivity index (χ1n) is 8.96. The minimum atomic E-state index is -3.05. The van der Waals surface area contributed by atoms with Gasteiger partial charge in [0.05, 0.1) is 11.5 Å². The summed E-state index contributed by atoms with van der Waals surface area (Å²) < 4.78 is 23.1. The number of nitrogens with zero attached hydrogens (tertiary/aromatic N) is 2. The number of aryl methyl sites for hydroxylation is 1. The van der Waals surface area contributed by atoms with Gasteiger partial charge in [0.25, 0.3) is 5.91 Å². The Morgan fingerprint density at radius 2 is 2.04 bits per heavy atom. The number of anilines is 2. The number of hydrogen-bond acceptors (Lipinski definition) is 6. The molecule has 0 radical (unpaired) electrons. The molecule has 2 N–H and O–H groups in total. The van der Waals surface area contributed by atoms with Crippen molar-refractivity contribution in [3.05, 3.63) is 47.3 Å². The summed E-state index contributed by atoms with van der Waals surface area (Å²) in [6.45, 7) is 6.23. The van der Waals surface area contributed by atoms with Crippen LogP contribution in [-0.4, -0.2) is 41.8 Å². The number of amides is 1. The molecule has 27 heavy (non-hydrogen) atoms. The molecule has 7 nitrogen and oxygen atoms in total. The van der Waals surface area contributed by atoms with Gasteiger partial charge in [-0.3, -0.25) is 4.79 Å². The van der Waals surface area contributed by atoms with E-state index in [1.165, 1.54) is 12.3 Å². The largest absolute Gasteiger partial charge is 0.347 e. The lowest BCUT2D eigenvalue weighted by Gasteiger charge is -2.16. The zero-order chi connectivity index (χ0) is 19.6. The standard InChI is InChI=1S/C19H24N4O3S/c1-12(2)15-6-4-5-13(3)17(15)23-19-20-9-7-16(22-19)18(24)21-14-8-10-27(25,26)11-14/h4-7,9,12,14H,8,10-11H2,1-3H3,(H,21,24)(H,20,22,23). The molecule has 1 amide bonds. The summed E-state index contributed by atoms with van der Waals surface area (Å²) in [6.07, 6.45) is 1.95. The number of carbonyl (C=O) groups excluding carboxylic acids is 1. The fourth-order valence-electron chi connectivity index (χ4n) is 3.17. The van der Waals surface area contributed by atoms with E-state index in [1.54, 1.807) is 0 Å². The van der Waals surface area contributed by atoms with Crippen molar-refractivity contribution < 1.29 is 13.2 Å². The van der Waals surface area contributed by atoms with E-state index in [0.717, 1.165) is 16.8 Å². The van der Waals surface area contributed by atoms with Crippen molar-refractivity contribution in [3.63, 3.8) is 0 Å². The van der Waals surface area contributed by atoms with Crippen molar-refractivity contribution in [2.24, 2.45) is 0 Å². The molecule has 8 heteroatoms. The molecule has 0 aliphatic carbocycles. The van der Waals surface area contributed by atoms with Crippen LogP contribution in [-0.2, 0) is 9.84 Å². The van der Waals surface area contributed by atoms with Gasteiger partial charge in [-0.2, -0.15) is 0 Å². The first-order chi connectivity index (χ1) is 12.7. The van der Waals surface area contributed by atoms with Crippen LogP contribution in [0.1, 0.15) is 47.8 Å². The molecule has 0 bridgehead atoms. The second-order valence-electron chi connectivity index (χ2n) is 7.16. The SMILES string of the molecule is Cc1cccc(C(C)C)c1Nc1nccc(C(=O)NC2CCS(=O)(=O)C2)n1. The molecule has 1 unspecified atom stereocenters. The number of rotatable bonds is 5. The number of sulfone groups is 1. The number of nitrogens with one attached hydrogen (secondary N) is 2. The summed E-state index contributed by atoms with van der Waals surface area (Å²) in [5.41, 5.74) is 3.35. The van der Waals surface area contributed by atoms with Gasteiger partial charge in [-0.05, 0) is 36.5 Å². The molecule has 3 rings (SSSR count). The maximum absolute atomic E-state index is 12.4. The number of aromatic nitrogens is 2. The number of carbonyl (C=O) groups is 1. The minimum absolute atomic E-state index is 0.0180. The second kappa shape index (κ2) is 7.64. The molecular weight excluding hydrogens is 364 g/mol. The van der Waals surface area contributed by atoms with Gasteiger partial charge in [0.15, 0.2) is 9.84 Å². The van der Waals surface area contributed by atoms with E-state index < -0.39 is 15.7 Å². The first-order valence-corrected chi connectivity index (χ1v) is 10.8. The average Bonchev–Trinajstić information content (AvgIpc) is 2.95. The summed E-state index contributed by atoms with van der Waals surface area (Å²) in [6, 6.07) is 7.22. The third-order valence-corrected chi connectivity index (χ3v) is 6.39. The Kier molecular flexibility index (Phi) is 5.46. The Hall–Kier alpha value is -2.48. The van der Waals surface area contributed by atoms with Gasteiger partial charge < -0.3 is 10.6 Å². The minimum Gasteiger partial charge on any atom is -0.347 e. The zero-order valence-corrected chi connectivity index (χ0v) is 16.5. The van der Waals surface area contributed by atoms with Crippen LogP contribution >= 0.6 is 0 Å². The predicted molar refractivity (Wildman–Crippen MR) is 105 cm³/mol. The van der Waals surface area contributed by atoms with Crippen LogP contribution in [0.4, 0.5) is 11.6 Å². The average molecular weight is 388 g/mol. The quantitative estimate of drug-likeness (QED) is 0.816. The van der Waals surface area contributed by atoms with Gasteiger partial charge in [-0.25, -0.2) is 18.4 Å². The molecule has 0 spiro atoms. The highest BCUT2D eigenvalue weighted by Gasteiger charge is 2.29. The molecule has 1 aromatic carbocycles. The highest BCUT2D eigenvalue weighted by molar-refractivity contribution is 7.91. The van der Waals surface area contributed by atoms with Crippen LogP contribution in [0.3, 0.4) is 0 Å². The number of hydrogen-bond donors (Lipinski definition) is 2. The van der Waals surface area contributed by atoms with Gasteiger partial charge in [0, 0.05) is 17.9 Å². The van der Waals surface area contributed by atoms with Crippen molar-refractivity contribution in [1.29, 1.82) is 0 Å². The van der Waals surface area contributed by atoms with Crippen LogP contribution < -0.4 is 10.6 Å². The van der Waals surface area contributed by atoms with Crippen molar-refractivity contribution in [2.45, 2.75) is 39.2 Å². The van der Waals surface area contributed by atoms with Crippen LogP contribution in [0, 0.1) is 6.92 Å². The highest BCUT2D eigenvalue weighted by Crippen LogP contribution is 2.29. The van der Waals surface area contributed by atoms with Crippen LogP contribution in [0.15, 0.2) is 30.5 Å². The Morgan fingerprint density at radius 1 is 1.26 bits per heavy atom. The number of para-hydroxylation sites is 1. The van der Waals surface area contributed by atoms with E-state index in [4.69, 9.17) is 0 Å². The van der Waals surface area contributed by atoms with E-state index in [0.29, 0.717) is 18.3 Å². The van der Waals surface area contributed by atoms with Gasteiger partial charge in [0.2, 0.25) is 5.95 Å². The Bertz CT molecular complexity index is 957. The summed E-state index contributed by atoms with van der Waals surface area (Å²) >= 11 is 0. The Balaban J connectivity index is 1.78.